The highest BCUT2D eigenvalue weighted by atomic mass is 16.5. The molecule has 170 valence electrons. The Hall–Kier alpha value is -1.43. The first kappa shape index (κ1) is 21.4. The largest absolute Gasteiger partial charge is 0.481 e. The maximum atomic E-state index is 11.6. The number of ether oxygens (including phenoxy) is 1. The van der Waals surface area contributed by atoms with Gasteiger partial charge in [0.2, 0.25) is 0 Å². The third-order valence-electron chi connectivity index (χ3n) is 8.49. The highest BCUT2D eigenvalue weighted by molar-refractivity contribution is 5.78. The van der Waals surface area contributed by atoms with E-state index in [4.69, 9.17) is 4.74 Å². The van der Waals surface area contributed by atoms with Gasteiger partial charge >= 0.3 is 5.97 Å². The molecule has 2 N–H and O–H groups in total. The molecule has 4 fully saturated rings. The molecule has 5 heteroatoms. The zero-order chi connectivity index (χ0) is 21.3. The molecule has 1 aromatic rings. The molecule has 4 aliphatic rings. The minimum Gasteiger partial charge on any atom is -0.481 e. The van der Waals surface area contributed by atoms with Crippen molar-refractivity contribution in [3.8, 4) is 0 Å². The first-order valence-electron chi connectivity index (χ1n) is 12.4. The van der Waals surface area contributed by atoms with E-state index in [9.17, 15) is 9.90 Å². The van der Waals surface area contributed by atoms with Crippen molar-refractivity contribution in [1.82, 2.24) is 10.2 Å². The second-order valence-corrected chi connectivity index (χ2v) is 10.9. The molecule has 5 nitrogen and oxygen atoms in total. The number of nitrogens with zero attached hydrogens (tertiary/aromatic N) is 1. The van der Waals surface area contributed by atoms with Crippen molar-refractivity contribution in [1.29, 1.82) is 0 Å². The number of nitrogens with one attached hydrogen (secondary N) is 1. The fourth-order valence-electron chi connectivity index (χ4n) is 5.51. The molecule has 0 bridgehead atoms. The smallest absolute Gasteiger partial charge is 0.310 e. The van der Waals surface area contributed by atoms with Crippen molar-refractivity contribution in [2.45, 2.75) is 63.3 Å². The van der Waals surface area contributed by atoms with E-state index in [2.05, 4.69) is 40.5 Å². The summed E-state index contributed by atoms with van der Waals surface area (Å²) in [6.07, 6.45) is 9.15. The quantitative estimate of drug-likeness (QED) is 0.562. The Balaban J connectivity index is 1.14. The fraction of sp³-hybridized carbons (Fsp3) is 0.731. The number of benzene rings is 1. The summed E-state index contributed by atoms with van der Waals surface area (Å²) in [5, 5.41) is 13.4. The number of carboxylic acid groups (broad SMARTS) is 1. The number of carboxylic acids is 1. The molecule has 0 unspecified atom stereocenters. The van der Waals surface area contributed by atoms with E-state index in [1.54, 1.807) is 0 Å². The van der Waals surface area contributed by atoms with Gasteiger partial charge in [0.25, 0.3) is 0 Å². The van der Waals surface area contributed by atoms with Gasteiger partial charge in [0.1, 0.15) is 0 Å². The van der Waals surface area contributed by atoms with Crippen LogP contribution in [0.15, 0.2) is 30.3 Å². The van der Waals surface area contributed by atoms with Gasteiger partial charge in [-0.2, -0.15) is 0 Å². The number of carbonyl (C=O) groups is 1. The van der Waals surface area contributed by atoms with Gasteiger partial charge in [0.05, 0.1) is 12.0 Å². The molecular weight excluding hydrogens is 388 g/mol. The van der Waals surface area contributed by atoms with Gasteiger partial charge in [-0.1, -0.05) is 36.8 Å². The van der Waals surface area contributed by atoms with Crippen molar-refractivity contribution in [3.63, 3.8) is 0 Å². The van der Waals surface area contributed by atoms with Crippen molar-refractivity contribution >= 4 is 5.97 Å². The maximum absolute atomic E-state index is 11.6. The van der Waals surface area contributed by atoms with E-state index >= 15 is 0 Å². The Morgan fingerprint density at radius 1 is 1.13 bits per heavy atom. The molecule has 0 aromatic heterocycles. The average molecular weight is 427 g/mol. The number of hydrogen-bond acceptors (Lipinski definition) is 4. The summed E-state index contributed by atoms with van der Waals surface area (Å²) >= 11 is 0. The summed E-state index contributed by atoms with van der Waals surface area (Å²) in [7, 11) is 0. The van der Waals surface area contributed by atoms with Gasteiger partial charge in [-0.3, -0.25) is 4.79 Å². The minimum absolute atomic E-state index is 0.185. The first-order valence-corrected chi connectivity index (χ1v) is 12.4. The van der Waals surface area contributed by atoms with Crippen LogP contribution in [-0.2, 0) is 9.53 Å². The Morgan fingerprint density at radius 2 is 1.87 bits per heavy atom. The summed E-state index contributed by atoms with van der Waals surface area (Å²) in [4.78, 5) is 14.0. The van der Waals surface area contributed by atoms with Crippen LogP contribution in [0.25, 0.3) is 0 Å². The van der Waals surface area contributed by atoms with Crippen molar-refractivity contribution in [2.24, 2.45) is 16.7 Å². The van der Waals surface area contributed by atoms with Crippen LogP contribution in [0.1, 0.15) is 62.8 Å². The van der Waals surface area contributed by atoms with E-state index in [-0.39, 0.29) is 5.41 Å². The predicted octanol–water partition coefficient (Wildman–Crippen LogP) is 3.90. The average Bonchev–Trinajstić information content (AvgIpc) is 3.67. The van der Waals surface area contributed by atoms with E-state index in [1.165, 1.54) is 31.2 Å². The molecule has 1 aromatic carbocycles. The van der Waals surface area contributed by atoms with Crippen LogP contribution in [0.3, 0.4) is 0 Å². The number of hydrogen-bond donors (Lipinski definition) is 2. The number of aliphatic carboxylic acids is 1. The first-order chi connectivity index (χ1) is 15.1. The molecule has 5 rings (SSSR count). The Morgan fingerprint density at radius 3 is 2.48 bits per heavy atom. The van der Waals surface area contributed by atoms with E-state index in [0.29, 0.717) is 12.0 Å². The second kappa shape index (κ2) is 8.84. The third-order valence-corrected chi connectivity index (χ3v) is 8.49. The van der Waals surface area contributed by atoms with Crippen molar-refractivity contribution in [3.05, 3.63) is 35.9 Å². The number of piperidine rings is 1. The summed E-state index contributed by atoms with van der Waals surface area (Å²) in [5.41, 5.74) is 1.19. The Bertz CT molecular complexity index is 751. The van der Waals surface area contributed by atoms with Gasteiger partial charge in [0.15, 0.2) is 0 Å². The van der Waals surface area contributed by atoms with Gasteiger partial charge in [-0.05, 0) is 69.5 Å². The molecule has 31 heavy (non-hydrogen) atoms. The van der Waals surface area contributed by atoms with Crippen LogP contribution >= 0.6 is 0 Å². The number of rotatable bonds is 11. The lowest BCUT2D eigenvalue weighted by atomic mass is 9.78. The van der Waals surface area contributed by atoms with Gasteiger partial charge in [-0.25, -0.2) is 0 Å². The molecule has 0 spiro atoms. The highest BCUT2D eigenvalue weighted by Gasteiger charge is 2.52. The van der Waals surface area contributed by atoms with E-state index in [1.807, 2.05) is 0 Å². The molecule has 1 heterocycles. The van der Waals surface area contributed by atoms with Crippen molar-refractivity contribution in [2.75, 3.05) is 39.4 Å². The van der Waals surface area contributed by atoms with Crippen LogP contribution < -0.4 is 5.32 Å². The molecule has 1 aliphatic heterocycles. The second-order valence-electron chi connectivity index (χ2n) is 10.9. The molecule has 3 aliphatic carbocycles. The summed E-state index contributed by atoms with van der Waals surface area (Å²) in [5.74, 6) is 0.830. The fourth-order valence-corrected chi connectivity index (χ4v) is 5.51. The van der Waals surface area contributed by atoms with Crippen molar-refractivity contribution < 1.29 is 14.6 Å². The van der Waals surface area contributed by atoms with Crippen LogP contribution in [0, 0.1) is 16.7 Å². The predicted molar refractivity (Wildman–Crippen MR) is 121 cm³/mol. The standard InChI is InChI=1S/C26H38N2O3/c29-24(30)26(9-10-26)18-28-13-11-25(12-14-28,19-31-16-20-5-4-6-20)17-27-23-15-22(23)21-7-2-1-3-8-21/h1-3,7-8,20,22-23,27H,4-6,9-19H2,(H,29,30)/t22-,23+/m0/s1. The lowest BCUT2D eigenvalue weighted by Crippen LogP contribution is -2.50. The van der Waals surface area contributed by atoms with Gasteiger partial charge < -0.3 is 20.1 Å². The molecule has 0 amide bonds. The van der Waals surface area contributed by atoms with Crippen LogP contribution in [0.5, 0.6) is 0 Å². The molecule has 0 radical (unpaired) electrons. The topological polar surface area (TPSA) is 61.8 Å². The molecule has 2 atom stereocenters. The summed E-state index contributed by atoms with van der Waals surface area (Å²) in [6.45, 7) is 5.50. The van der Waals surface area contributed by atoms with Crippen LogP contribution in [0.4, 0.5) is 0 Å². The number of likely N-dealkylation sites (tertiary alicyclic amines) is 1. The summed E-state index contributed by atoms with van der Waals surface area (Å²) in [6, 6.07) is 11.5. The third kappa shape index (κ3) is 4.99. The zero-order valence-electron chi connectivity index (χ0n) is 18.7. The maximum Gasteiger partial charge on any atom is 0.310 e. The van der Waals surface area contributed by atoms with Gasteiger partial charge in [-0.15, -0.1) is 0 Å². The Labute approximate surface area is 186 Å². The lowest BCUT2D eigenvalue weighted by molar-refractivity contribution is -0.144. The van der Waals surface area contributed by atoms with Gasteiger partial charge in [0, 0.05) is 37.1 Å². The van der Waals surface area contributed by atoms with Crippen LogP contribution in [-0.4, -0.2) is 61.4 Å². The monoisotopic (exact) mass is 426 g/mol. The van der Waals surface area contributed by atoms with Crippen LogP contribution in [0.2, 0.25) is 0 Å². The molecule has 1 saturated heterocycles. The highest BCUT2D eigenvalue weighted by Crippen LogP contribution is 2.47. The minimum atomic E-state index is -0.601. The lowest BCUT2D eigenvalue weighted by Gasteiger charge is -2.43. The van der Waals surface area contributed by atoms with E-state index in [0.717, 1.165) is 71.0 Å². The SMILES string of the molecule is O=C(O)C1(CN2CCC(CN[C@@H]3C[C@H]3c3ccccc3)(COCC3CCC3)CC2)CC1. The zero-order valence-corrected chi connectivity index (χ0v) is 18.7. The summed E-state index contributed by atoms with van der Waals surface area (Å²) < 4.78 is 6.28. The molecular formula is C26H38N2O3. The Kier molecular flexibility index (Phi) is 6.11. The van der Waals surface area contributed by atoms with E-state index < -0.39 is 11.4 Å². The molecule has 3 saturated carbocycles. The normalized spacial score (nSPS) is 29.3.